The first kappa shape index (κ1) is 22.3. The number of morpholine rings is 1. The molecule has 10 nitrogen and oxygen atoms in total. The van der Waals surface area contributed by atoms with Gasteiger partial charge in [0.05, 0.1) is 34.7 Å². The van der Waals surface area contributed by atoms with Crippen molar-refractivity contribution in [3.63, 3.8) is 0 Å². The first-order chi connectivity index (χ1) is 15.0. The zero-order chi connectivity index (χ0) is 22.2. The number of para-hydroxylation sites is 2. The molecule has 0 saturated carbocycles. The van der Waals surface area contributed by atoms with Gasteiger partial charge >= 0.3 is 0 Å². The van der Waals surface area contributed by atoms with Crippen molar-refractivity contribution in [2.45, 2.75) is 12.6 Å². The highest BCUT2D eigenvalue weighted by atomic mass is 16.6. The van der Waals surface area contributed by atoms with E-state index >= 15 is 0 Å². The molecule has 1 heterocycles. The molecule has 0 radical (unpaired) electrons. The van der Waals surface area contributed by atoms with Gasteiger partial charge in [-0.15, -0.1) is 0 Å². The lowest BCUT2D eigenvalue weighted by Gasteiger charge is -2.28. The smallest absolute Gasteiger partial charge is 0.292 e. The molecule has 1 unspecified atom stereocenters. The van der Waals surface area contributed by atoms with Crippen LogP contribution in [0.4, 0.5) is 17.1 Å². The predicted octanol–water partition coefficient (Wildman–Crippen LogP) is 3.00. The van der Waals surface area contributed by atoms with Crippen LogP contribution in [0.3, 0.4) is 0 Å². The van der Waals surface area contributed by atoms with E-state index in [4.69, 9.17) is 10.5 Å². The molecule has 31 heavy (non-hydrogen) atoms. The minimum atomic E-state index is -0.678. The molecule has 2 aromatic rings. The fourth-order valence-electron chi connectivity index (χ4n) is 3.61. The highest BCUT2D eigenvalue weighted by Gasteiger charge is 2.27. The van der Waals surface area contributed by atoms with E-state index in [0.29, 0.717) is 25.3 Å². The number of benzene rings is 2. The van der Waals surface area contributed by atoms with Crippen molar-refractivity contribution in [1.82, 2.24) is 4.90 Å². The van der Waals surface area contributed by atoms with Crippen molar-refractivity contribution in [3.05, 3.63) is 86.0 Å². The highest BCUT2D eigenvalue weighted by molar-refractivity contribution is 5.64. The summed E-state index contributed by atoms with van der Waals surface area (Å²) in [4.78, 5) is 24.6. The minimum Gasteiger partial charge on any atom is -0.379 e. The van der Waals surface area contributed by atoms with Crippen molar-refractivity contribution in [1.29, 1.82) is 0 Å². The number of hydrogen-bond donors (Lipinski definition) is 2. The van der Waals surface area contributed by atoms with Gasteiger partial charge in [0, 0.05) is 38.3 Å². The van der Waals surface area contributed by atoms with E-state index in [9.17, 15) is 20.2 Å². The van der Waals surface area contributed by atoms with Gasteiger partial charge in [-0.25, -0.2) is 0 Å². The van der Waals surface area contributed by atoms with Crippen molar-refractivity contribution in [2.24, 2.45) is 5.73 Å². The van der Waals surface area contributed by atoms with Gasteiger partial charge in [-0.05, 0) is 11.6 Å². The molecule has 1 atom stereocenters. The number of nitrogens with one attached hydrogen (secondary N) is 1. The quantitative estimate of drug-likeness (QED) is 0.354. The molecule has 0 aliphatic carbocycles. The first-order valence-corrected chi connectivity index (χ1v) is 9.94. The zero-order valence-electron chi connectivity index (χ0n) is 17.0. The van der Waals surface area contributed by atoms with Gasteiger partial charge in [0.25, 0.3) is 11.4 Å². The third kappa shape index (κ3) is 5.63. The van der Waals surface area contributed by atoms with E-state index in [2.05, 4.69) is 10.2 Å². The lowest BCUT2D eigenvalue weighted by Crippen LogP contribution is -2.36. The molecule has 1 saturated heterocycles. The Labute approximate surface area is 179 Å². The van der Waals surface area contributed by atoms with Crippen LogP contribution in [0.1, 0.15) is 17.2 Å². The van der Waals surface area contributed by atoms with Crippen LogP contribution >= 0.6 is 0 Å². The second kappa shape index (κ2) is 10.6. The Morgan fingerprint density at radius 3 is 2.42 bits per heavy atom. The largest absolute Gasteiger partial charge is 0.379 e. The second-order valence-corrected chi connectivity index (χ2v) is 7.06. The predicted molar refractivity (Wildman–Crippen MR) is 117 cm³/mol. The zero-order valence-corrected chi connectivity index (χ0v) is 17.0. The summed E-state index contributed by atoms with van der Waals surface area (Å²) < 4.78 is 5.39. The third-order valence-corrected chi connectivity index (χ3v) is 5.06. The average molecular weight is 427 g/mol. The Kier molecular flexibility index (Phi) is 7.65. The highest BCUT2D eigenvalue weighted by Crippen LogP contribution is 2.35. The van der Waals surface area contributed by atoms with Crippen LogP contribution in [0.5, 0.6) is 0 Å². The molecule has 1 fully saturated rings. The Hall–Kier alpha value is -3.34. The molecule has 2 aromatic carbocycles. The van der Waals surface area contributed by atoms with E-state index in [1.54, 1.807) is 36.4 Å². The molecule has 3 rings (SSSR count). The van der Waals surface area contributed by atoms with E-state index in [-0.39, 0.29) is 23.6 Å². The lowest BCUT2D eigenvalue weighted by molar-refractivity contribution is -0.385. The van der Waals surface area contributed by atoms with Gasteiger partial charge in [-0.2, -0.15) is 0 Å². The van der Waals surface area contributed by atoms with Crippen LogP contribution in [0, 0.1) is 20.2 Å². The van der Waals surface area contributed by atoms with Crippen molar-refractivity contribution < 1.29 is 14.6 Å². The number of rotatable bonds is 9. The SMILES string of the molecule is NCC=CC(Nc1ccccc1[N+](=O)[O-])c1c(CN2CCOCC2)cccc1[N+](=O)[O-]. The fourth-order valence-corrected chi connectivity index (χ4v) is 3.61. The van der Waals surface area contributed by atoms with E-state index in [1.807, 2.05) is 6.07 Å². The Morgan fingerprint density at radius 1 is 1.06 bits per heavy atom. The maximum Gasteiger partial charge on any atom is 0.292 e. The summed E-state index contributed by atoms with van der Waals surface area (Å²) in [7, 11) is 0. The summed E-state index contributed by atoms with van der Waals surface area (Å²) in [5.41, 5.74) is 6.98. The van der Waals surface area contributed by atoms with Crippen molar-refractivity contribution in [2.75, 3.05) is 38.2 Å². The summed E-state index contributed by atoms with van der Waals surface area (Å²) in [6.07, 6.45) is 3.39. The fraction of sp³-hybridized carbons (Fsp3) is 0.333. The van der Waals surface area contributed by atoms with Crippen LogP contribution < -0.4 is 11.1 Å². The standard InChI is InChI=1S/C21H25N5O5/c22-10-4-7-18(23-17-6-1-2-8-19(17)25(27)28)21-16(5-3-9-20(21)26(29)30)15-24-11-13-31-14-12-24/h1-9,18,23H,10-15,22H2. The Morgan fingerprint density at radius 2 is 1.74 bits per heavy atom. The number of nitrogens with zero attached hydrogens (tertiary/aromatic N) is 3. The van der Waals surface area contributed by atoms with Crippen LogP contribution in [0.25, 0.3) is 0 Å². The molecule has 10 heteroatoms. The molecule has 3 N–H and O–H groups in total. The van der Waals surface area contributed by atoms with E-state index < -0.39 is 15.9 Å². The summed E-state index contributed by atoms with van der Waals surface area (Å²) >= 11 is 0. The van der Waals surface area contributed by atoms with Crippen LogP contribution in [-0.2, 0) is 11.3 Å². The number of nitro groups is 2. The molecule has 1 aliphatic heterocycles. The number of nitrogens with two attached hydrogens (primary N) is 1. The maximum absolute atomic E-state index is 11.9. The normalized spacial score (nSPS) is 15.6. The van der Waals surface area contributed by atoms with Gasteiger partial charge in [0.15, 0.2) is 0 Å². The summed E-state index contributed by atoms with van der Waals surface area (Å²) in [5.74, 6) is 0. The van der Waals surface area contributed by atoms with E-state index in [1.165, 1.54) is 12.1 Å². The van der Waals surface area contributed by atoms with Gasteiger partial charge in [-0.1, -0.05) is 36.4 Å². The molecule has 164 valence electrons. The molecule has 0 aromatic heterocycles. The van der Waals surface area contributed by atoms with Crippen LogP contribution in [0.15, 0.2) is 54.6 Å². The van der Waals surface area contributed by atoms with E-state index in [0.717, 1.165) is 18.7 Å². The van der Waals surface area contributed by atoms with Gasteiger partial charge in [-0.3, -0.25) is 25.1 Å². The molecule has 0 spiro atoms. The first-order valence-electron chi connectivity index (χ1n) is 9.94. The number of hydrogen-bond acceptors (Lipinski definition) is 8. The van der Waals surface area contributed by atoms with Gasteiger partial charge < -0.3 is 15.8 Å². The molecule has 0 amide bonds. The molecular formula is C21H25N5O5. The maximum atomic E-state index is 11.9. The van der Waals surface area contributed by atoms with Crippen molar-refractivity contribution in [3.8, 4) is 0 Å². The number of ether oxygens (including phenoxy) is 1. The molecule has 1 aliphatic rings. The van der Waals surface area contributed by atoms with Crippen molar-refractivity contribution >= 4 is 17.1 Å². The van der Waals surface area contributed by atoms with Gasteiger partial charge in [0.1, 0.15) is 5.69 Å². The third-order valence-electron chi connectivity index (χ3n) is 5.06. The Balaban J connectivity index is 2.06. The average Bonchev–Trinajstić information content (AvgIpc) is 2.77. The van der Waals surface area contributed by atoms with Crippen LogP contribution in [-0.4, -0.2) is 47.6 Å². The number of nitro benzene ring substituents is 2. The second-order valence-electron chi connectivity index (χ2n) is 7.06. The minimum absolute atomic E-state index is 0.0523. The topological polar surface area (TPSA) is 137 Å². The lowest BCUT2D eigenvalue weighted by atomic mass is 9.96. The summed E-state index contributed by atoms with van der Waals surface area (Å²) in [6, 6.07) is 10.5. The Bertz CT molecular complexity index is 959. The van der Waals surface area contributed by atoms with Crippen LogP contribution in [0.2, 0.25) is 0 Å². The molecular weight excluding hydrogens is 402 g/mol. The summed E-state index contributed by atoms with van der Waals surface area (Å²) in [6.45, 7) is 3.40. The summed E-state index contributed by atoms with van der Waals surface area (Å²) in [5, 5.41) is 26.4. The molecule has 0 bridgehead atoms. The monoisotopic (exact) mass is 427 g/mol. The van der Waals surface area contributed by atoms with Gasteiger partial charge in [0.2, 0.25) is 0 Å². The number of anilines is 1.